The fourth-order valence-corrected chi connectivity index (χ4v) is 1.01. The SMILES string of the molecule is CCCCOOCC1(C(=O)OCC)CO1. The molecule has 0 bridgehead atoms. The maximum Gasteiger partial charge on any atom is 0.343 e. The summed E-state index contributed by atoms with van der Waals surface area (Å²) in [6.45, 7) is 5.16. The van der Waals surface area contributed by atoms with Gasteiger partial charge in [0.2, 0.25) is 5.60 Å². The maximum atomic E-state index is 11.4. The van der Waals surface area contributed by atoms with Crippen molar-refractivity contribution in [3.63, 3.8) is 0 Å². The molecule has 0 aromatic carbocycles. The van der Waals surface area contributed by atoms with Crippen molar-refractivity contribution in [2.75, 3.05) is 26.4 Å². The van der Waals surface area contributed by atoms with Crippen LogP contribution in [-0.4, -0.2) is 38.0 Å². The zero-order valence-electron chi connectivity index (χ0n) is 9.28. The number of ether oxygens (including phenoxy) is 2. The highest BCUT2D eigenvalue weighted by Crippen LogP contribution is 2.28. The highest BCUT2D eigenvalue weighted by atomic mass is 17.2. The van der Waals surface area contributed by atoms with E-state index in [1.807, 2.05) is 0 Å². The lowest BCUT2D eigenvalue weighted by atomic mass is 10.2. The van der Waals surface area contributed by atoms with Crippen LogP contribution in [0.3, 0.4) is 0 Å². The van der Waals surface area contributed by atoms with Crippen molar-refractivity contribution in [2.45, 2.75) is 32.3 Å². The summed E-state index contributed by atoms with van der Waals surface area (Å²) in [5.74, 6) is -0.371. The van der Waals surface area contributed by atoms with Gasteiger partial charge in [-0.25, -0.2) is 14.6 Å². The first kappa shape index (κ1) is 12.4. The summed E-state index contributed by atoms with van der Waals surface area (Å²) in [6.07, 6.45) is 1.98. The number of carbonyl (C=O) groups is 1. The minimum absolute atomic E-state index is 0.107. The second-order valence-corrected chi connectivity index (χ2v) is 3.44. The average Bonchev–Trinajstić information content (AvgIpc) is 2.99. The Balaban J connectivity index is 2.11. The number of hydrogen-bond acceptors (Lipinski definition) is 5. The molecule has 5 heteroatoms. The van der Waals surface area contributed by atoms with Gasteiger partial charge in [-0.15, -0.1) is 0 Å². The number of unbranched alkanes of at least 4 members (excludes halogenated alkanes) is 1. The molecule has 1 aliphatic rings. The van der Waals surface area contributed by atoms with Crippen LogP contribution in [0.4, 0.5) is 0 Å². The standard InChI is InChI=1S/C10H18O5/c1-3-5-6-14-15-8-10(7-13-10)9(11)12-4-2/h3-8H2,1-2H3. The van der Waals surface area contributed by atoms with E-state index in [4.69, 9.17) is 19.2 Å². The fourth-order valence-electron chi connectivity index (χ4n) is 1.01. The van der Waals surface area contributed by atoms with Crippen LogP contribution in [0.2, 0.25) is 0 Å². The van der Waals surface area contributed by atoms with E-state index in [1.165, 1.54) is 0 Å². The molecule has 88 valence electrons. The van der Waals surface area contributed by atoms with Gasteiger partial charge in [0.25, 0.3) is 0 Å². The van der Waals surface area contributed by atoms with Crippen molar-refractivity contribution in [3.05, 3.63) is 0 Å². The molecule has 1 heterocycles. The Labute approximate surface area is 89.6 Å². The highest BCUT2D eigenvalue weighted by molar-refractivity contribution is 5.82. The van der Waals surface area contributed by atoms with E-state index in [2.05, 4.69) is 6.92 Å². The summed E-state index contributed by atoms with van der Waals surface area (Å²) < 4.78 is 9.89. The third-order valence-electron chi connectivity index (χ3n) is 2.10. The van der Waals surface area contributed by atoms with Gasteiger partial charge in [-0.2, -0.15) is 0 Å². The summed E-state index contributed by atoms with van der Waals surface area (Å²) in [7, 11) is 0. The van der Waals surface area contributed by atoms with Crippen LogP contribution < -0.4 is 0 Å². The van der Waals surface area contributed by atoms with E-state index >= 15 is 0 Å². The summed E-state index contributed by atoms with van der Waals surface area (Å²) in [6, 6.07) is 0. The number of rotatable bonds is 8. The molecule has 0 aliphatic carbocycles. The molecule has 0 amide bonds. The van der Waals surface area contributed by atoms with Crippen LogP contribution in [0.25, 0.3) is 0 Å². The molecule has 1 saturated heterocycles. The predicted molar refractivity (Wildman–Crippen MR) is 52.1 cm³/mol. The Hall–Kier alpha value is -0.650. The molecule has 0 aromatic rings. The van der Waals surface area contributed by atoms with Crippen LogP contribution in [0.15, 0.2) is 0 Å². The first-order valence-corrected chi connectivity index (χ1v) is 5.31. The lowest BCUT2D eigenvalue weighted by Gasteiger charge is -2.10. The summed E-state index contributed by atoms with van der Waals surface area (Å²) in [5.41, 5.74) is -0.901. The normalized spacial score (nSPS) is 23.9. The van der Waals surface area contributed by atoms with Crippen molar-refractivity contribution in [2.24, 2.45) is 0 Å². The fraction of sp³-hybridized carbons (Fsp3) is 0.900. The van der Waals surface area contributed by atoms with Crippen molar-refractivity contribution < 1.29 is 24.0 Å². The van der Waals surface area contributed by atoms with E-state index in [0.29, 0.717) is 19.8 Å². The summed E-state index contributed by atoms with van der Waals surface area (Å²) in [5, 5.41) is 0. The number of carbonyl (C=O) groups excluding carboxylic acids is 1. The third kappa shape index (κ3) is 3.77. The molecule has 15 heavy (non-hydrogen) atoms. The molecule has 1 atom stereocenters. The largest absolute Gasteiger partial charge is 0.464 e. The van der Waals surface area contributed by atoms with Gasteiger partial charge >= 0.3 is 5.97 Å². The minimum atomic E-state index is -0.901. The second kappa shape index (κ2) is 6.05. The first-order chi connectivity index (χ1) is 7.25. The molecule has 0 aromatic heterocycles. The number of esters is 1. The Bertz CT molecular complexity index is 200. The van der Waals surface area contributed by atoms with E-state index < -0.39 is 5.60 Å². The van der Waals surface area contributed by atoms with Gasteiger partial charge in [-0.3, -0.25) is 0 Å². The Kier molecular flexibility index (Phi) is 5.01. The summed E-state index contributed by atoms with van der Waals surface area (Å²) in [4.78, 5) is 21.2. The van der Waals surface area contributed by atoms with Gasteiger partial charge in [0.05, 0.1) is 19.8 Å². The Morgan fingerprint density at radius 1 is 1.40 bits per heavy atom. The molecule has 0 radical (unpaired) electrons. The van der Waals surface area contributed by atoms with Crippen molar-refractivity contribution in [3.8, 4) is 0 Å². The Morgan fingerprint density at radius 2 is 2.13 bits per heavy atom. The van der Waals surface area contributed by atoms with Crippen molar-refractivity contribution in [1.29, 1.82) is 0 Å². The molecular formula is C10H18O5. The second-order valence-electron chi connectivity index (χ2n) is 3.44. The first-order valence-electron chi connectivity index (χ1n) is 5.31. The Morgan fingerprint density at radius 3 is 2.67 bits per heavy atom. The van der Waals surface area contributed by atoms with Crippen molar-refractivity contribution >= 4 is 5.97 Å². The maximum absolute atomic E-state index is 11.4. The van der Waals surface area contributed by atoms with Crippen LogP contribution in [0.1, 0.15) is 26.7 Å². The zero-order valence-corrected chi connectivity index (χ0v) is 9.28. The third-order valence-corrected chi connectivity index (χ3v) is 2.10. The van der Waals surface area contributed by atoms with E-state index in [-0.39, 0.29) is 12.6 Å². The molecule has 1 rings (SSSR count). The lowest BCUT2D eigenvalue weighted by molar-refractivity contribution is -0.302. The van der Waals surface area contributed by atoms with Crippen LogP contribution in [0, 0.1) is 0 Å². The highest BCUT2D eigenvalue weighted by Gasteiger charge is 2.54. The van der Waals surface area contributed by atoms with Gasteiger partial charge < -0.3 is 9.47 Å². The van der Waals surface area contributed by atoms with Crippen LogP contribution >= 0.6 is 0 Å². The van der Waals surface area contributed by atoms with Gasteiger partial charge in [0, 0.05) is 0 Å². The van der Waals surface area contributed by atoms with Gasteiger partial charge in [-0.05, 0) is 13.3 Å². The smallest absolute Gasteiger partial charge is 0.343 e. The molecule has 0 N–H and O–H groups in total. The summed E-state index contributed by atoms with van der Waals surface area (Å²) >= 11 is 0. The van der Waals surface area contributed by atoms with Gasteiger partial charge in [-0.1, -0.05) is 13.3 Å². The molecular weight excluding hydrogens is 200 g/mol. The lowest BCUT2D eigenvalue weighted by Crippen LogP contribution is -2.32. The van der Waals surface area contributed by atoms with E-state index in [9.17, 15) is 4.79 Å². The topological polar surface area (TPSA) is 57.3 Å². The molecule has 0 spiro atoms. The van der Waals surface area contributed by atoms with E-state index in [1.54, 1.807) is 6.92 Å². The number of epoxide rings is 1. The molecule has 1 unspecified atom stereocenters. The molecule has 1 fully saturated rings. The minimum Gasteiger partial charge on any atom is -0.464 e. The number of hydrogen-bond donors (Lipinski definition) is 0. The molecule has 0 saturated carbocycles. The molecule has 1 aliphatic heterocycles. The zero-order chi connectivity index (χ0) is 11.1. The van der Waals surface area contributed by atoms with E-state index in [0.717, 1.165) is 12.8 Å². The van der Waals surface area contributed by atoms with Crippen LogP contribution in [-0.2, 0) is 24.0 Å². The van der Waals surface area contributed by atoms with Crippen molar-refractivity contribution in [1.82, 2.24) is 0 Å². The average molecular weight is 218 g/mol. The molecule has 5 nitrogen and oxygen atoms in total. The quantitative estimate of drug-likeness (QED) is 0.200. The predicted octanol–water partition coefficient (Wildman–Crippen LogP) is 1.07. The van der Waals surface area contributed by atoms with Crippen LogP contribution in [0.5, 0.6) is 0 Å². The monoisotopic (exact) mass is 218 g/mol. The van der Waals surface area contributed by atoms with Gasteiger partial charge in [0.15, 0.2) is 0 Å². The van der Waals surface area contributed by atoms with Gasteiger partial charge in [0.1, 0.15) is 6.61 Å².